The van der Waals surface area contributed by atoms with Crippen LogP contribution in [0.25, 0.3) is 12.2 Å². The second-order valence-electron chi connectivity index (χ2n) is 12.2. The maximum absolute atomic E-state index is 12.6. The molecule has 5 nitrogen and oxygen atoms in total. The summed E-state index contributed by atoms with van der Waals surface area (Å²) in [5, 5.41) is 0. The largest absolute Gasteiger partial charge is 0.494 e. The molecule has 0 radical (unpaired) electrons. The van der Waals surface area contributed by atoms with Crippen LogP contribution in [0.3, 0.4) is 0 Å². The Balaban J connectivity index is 1.53. The zero-order valence-corrected chi connectivity index (χ0v) is 28.9. The highest BCUT2D eigenvalue weighted by Crippen LogP contribution is 2.18. The van der Waals surface area contributed by atoms with Crippen LogP contribution >= 0.6 is 0 Å². The smallest absolute Gasteiger partial charge is 0.333 e. The van der Waals surface area contributed by atoms with Gasteiger partial charge < -0.3 is 9.47 Å². The van der Waals surface area contributed by atoms with Gasteiger partial charge in [0.25, 0.3) is 0 Å². The summed E-state index contributed by atoms with van der Waals surface area (Å²) in [7, 11) is -3.44. The van der Waals surface area contributed by atoms with Gasteiger partial charge in [-0.1, -0.05) is 146 Å². The van der Waals surface area contributed by atoms with Crippen LogP contribution in [0.4, 0.5) is 0 Å². The number of carbonyl (C=O) groups excluding carboxylic acids is 1. The van der Waals surface area contributed by atoms with E-state index in [2.05, 4.69) is 13.5 Å². The van der Waals surface area contributed by atoms with E-state index in [1.54, 1.807) is 31.2 Å². The molecule has 0 bridgehead atoms. The quantitative estimate of drug-likeness (QED) is 0.0444. The van der Waals surface area contributed by atoms with Gasteiger partial charge in [0.2, 0.25) is 0 Å². The number of benzene rings is 2. The predicted octanol–water partition coefficient (Wildman–Crippen LogP) is 10.8. The van der Waals surface area contributed by atoms with Crippen molar-refractivity contribution in [3.63, 3.8) is 0 Å². The normalized spacial score (nSPS) is 11.6. The zero-order valence-electron chi connectivity index (χ0n) is 28.1. The molecule has 0 saturated heterocycles. The van der Waals surface area contributed by atoms with E-state index in [0.29, 0.717) is 5.57 Å². The number of rotatable bonds is 26. The lowest BCUT2D eigenvalue weighted by molar-refractivity contribution is -0.138. The number of carbonyl (C=O) groups is 1. The minimum Gasteiger partial charge on any atom is -0.494 e. The van der Waals surface area contributed by atoms with E-state index < -0.39 is 15.8 Å². The van der Waals surface area contributed by atoms with Crippen LogP contribution in [0.1, 0.15) is 134 Å². The van der Waals surface area contributed by atoms with Crippen LogP contribution in [-0.4, -0.2) is 33.4 Å². The van der Waals surface area contributed by atoms with Crippen LogP contribution in [-0.2, 0) is 19.4 Å². The molecule has 2 aromatic carbocycles. The van der Waals surface area contributed by atoms with Gasteiger partial charge in [0.1, 0.15) is 5.75 Å². The molecular formula is C39H58O5S. The Hall–Kier alpha value is -2.86. The number of sulfone groups is 1. The molecule has 0 aliphatic heterocycles. The summed E-state index contributed by atoms with van der Waals surface area (Å²) in [6.45, 7) is 8.15. The number of hydrogen-bond acceptors (Lipinski definition) is 5. The molecule has 0 aromatic heterocycles. The molecule has 2 rings (SSSR count). The molecule has 0 saturated carbocycles. The molecule has 0 aliphatic carbocycles. The highest BCUT2D eigenvalue weighted by molar-refractivity contribution is 7.91. The van der Waals surface area contributed by atoms with E-state index in [4.69, 9.17) is 9.47 Å². The van der Waals surface area contributed by atoms with Crippen LogP contribution in [0.5, 0.6) is 5.75 Å². The molecule has 45 heavy (non-hydrogen) atoms. The third kappa shape index (κ3) is 18.0. The third-order valence-corrected chi connectivity index (χ3v) is 9.81. The van der Waals surface area contributed by atoms with E-state index in [1.807, 2.05) is 36.4 Å². The van der Waals surface area contributed by atoms with Crippen molar-refractivity contribution in [3.05, 3.63) is 71.8 Å². The molecule has 0 heterocycles. The first-order valence-corrected chi connectivity index (χ1v) is 19.0. The second kappa shape index (κ2) is 23.5. The molecule has 0 unspecified atom stereocenters. The molecule has 2 aromatic rings. The van der Waals surface area contributed by atoms with Crippen LogP contribution in [0.15, 0.2) is 65.6 Å². The van der Waals surface area contributed by atoms with E-state index in [0.717, 1.165) is 29.9 Å². The fraction of sp³-hybridized carbons (Fsp3) is 0.564. The summed E-state index contributed by atoms with van der Waals surface area (Å²) < 4.78 is 36.1. The highest BCUT2D eigenvalue weighted by Gasteiger charge is 2.14. The van der Waals surface area contributed by atoms with Crippen LogP contribution in [0, 0.1) is 0 Å². The molecule has 0 spiro atoms. The summed E-state index contributed by atoms with van der Waals surface area (Å²) in [4.78, 5) is 11.7. The van der Waals surface area contributed by atoms with Crippen LogP contribution in [0.2, 0.25) is 0 Å². The molecule has 0 amide bonds. The van der Waals surface area contributed by atoms with Gasteiger partial charge in [-0.15, -0.1) is 0 Å². The Morgan fingerprint density at radius 1 is 0.644 bits per heavy atom. The van der Waals surface area contributed by atoms with Crippen molar-refractivity contribution in [2.24, 2.45) is 0 Å². The average Bonchev–Trinajstić information content (AvgIpc) is 3.04. The molecule has 0 N–H and O–H groups in total. The fourth-order valence-electron chi connectivity index (χ4n) is 5.15. The second-order valence-corrected chi connectivity index (χ2v) is 14.3. The summed E-state index contributed by atoms with van der Waals surface area (Å²) in [5.74, 6) is 0.299. The Kier molecular flexibility index (Phi) is 20.0. The van der Waals surface area contributed by atoms with Gasteiger partial charge in [0.15, 0.2) is 9.84 Å². The van der Waals surface area contributed by atoms with Gasteiger partial charge in [-0.2, -0.15) is 0 Å². The fourth-order valence-corrected chi connectivity index (χ4v) is 6.43. The van der Waals surface area contributed by atoms with Crippen LogP contribution < -0.4 is 4.74 Å². The number of hydrogen-bond donors (Lipinski definition) is 0. The van der Waals surface area contributed by atoms with E-state index in [9.17, 15) is 13.2 Å². The van der Waals surface area contributed by atoms with Gasteiger partial charge >= 0.3 is 5.97 Å². The third-order valence-electron chi connectivity index (χ3n) is 7.99. The molecule has 0 fully saturated rings. The van der Waals surface area contributed by atoms with E-state index in [-0.39, 0.29) is 23.7 Å². The summed E-state index contributed by atoms with van der Waals surface area (Å²) in [6, 6.07) is 14.9. The SMILES string of the molecule is C=C(C)C(=O)OCCCS(=O)(=O)c1ccc(C=Cc2ccc(OCCCCCCCCCCCCCCCCCC)cc2)cc1. The average molecular weight is 639 g/mol. The number of esters is 1. The standard InChI is InChI=1S/C39H58O5S/c1-4-5-6-7-8-9-10-11-12-13-14-15-16-17-18-19-31-43-37-27-23-35(24-28-37)21-22-36-25-29-38(30-26-36)45(41,42)33-20-32-44-39(40)34(2)3/h21-30H,2,4-20,31-33H2,1,3H3. The Morgan fingerprint density at radius 3 is 1.56 bits per heavy atom. The lowest BCUT2D eigenvalue weighted by atomic mass is 10.0. The van der Waals surface area contributed by atoms with Gasteiger partial charge in [-0.05, 0) is 55.2 Å². The summed E-state index contributed by atoms with van der Waals surface area (Å²) in [6.07, 6.45) is 26.0. The van der Waals surface area contributed by atoms with E-state index >= 15 is 0 Å². The van der Waals surface area contributed by atoms with Crippen molar-refractivity contribution in [2.75, 3.05) is 19.0 Å². The van der Waals surface area contributed by atoms with Gasteiger partial charge in [-0.3, -0.25) is 0 Å². The molecule has 0 atom stereocenters. The monoisotopic (exact) mass is 638 g/mol. The lowest BCUT2D eigenvalue weighted by Gasteiger charge is -2.07. The van der Waals surface area contributed by atoms with Crippen molar-refractivity contribution in [1.29, 1.82) is 0 Å². The van der Waals surface area contributed by atoms with Crippen molar-refractivity contribution in [3.8, 4) is 5.75 Å². The van der Waals surface area contributed by atoms with Crippen molar-refractivity contribution in [1.82, 2.24) is 0 Å². The Labute approximate surface area is 274 Å². The Morgan fingerprint density at radius 2 is 1.09 bits per heavy atom. The molecule has 6 heteroatoms. The minimum atomic E-state index is -3.44. The Bertz CT molecular complexity index is 1210. The maximum Gasteiger partial charge on any atom is 0.333 e. The van der Waals surface area contributed by atoms with Crippen molar-refractivity contribution >= 4 is 28.0 Å². The molecular weight excluding hydrogens is 580 g/mol. The first kappa shape index (κ1) is 38.3. The topological polar surface area (TPSA) is 69.7 Å². The van der Waals surface area contributed by atoms with Gasteiger partial charge in [0, 0.05) is 5.57 Å². The van der Waals surface area contributed by atoms with Crippen molar-refractivity contribution in [2.45, 2.75) is 128 Å². The minimum absolute atomic E-state index is 0.0507. The van der Waals surface area contributed by atoms with Gasteiger partial charge in [0.05, 0.1) is 23.9 Å². The summed E-state index contributed by atoms with van der Waals surface area (Å²) in [5.41, 5.74) is 2.26. The van der Waals surface area contributed by atoms with E-state index in [1.165, 1.54) is 96.3 Å². The number of ether oxygens (including phenoxy) is 2. The lowest BCUT2D eigenvalue weighted by Crippen LogP contribution is -2.12. The first-order valence-electron chi connectivity index (χ1n) is 17.4. The predicted molar refractivity (Wildman–Crippen MR) is 189 cm³/mol. The summed E-state index contributed by atoms with van der Waals surface area (Å²) >= 11 is 0. The highest BCUT2D eigenvalue weighted by atomic mass is 32.2. The molecule has 250 valence electrons. The van der Waals surface area contributed by atoms with Gasteiger partial charge in [-0.25, -0.2) is 13.2 Å². The molecule has 0 aliphatic rings. The maximum atomic E-state index is 12.6. The first-order chi connectivity index (χ1) is 21.8. The zero-order chi connectivity index (χ0) is 32.6. The van der Waals surface area contributed by atoms with Crippen molar-refractivity contribution < 1.29 is 22.7 Å². The number of unbranched alkanes of at least 4 members (excludes halogenated alkanes) is 15.